The van der Waals surface area contributed by atoms with Gasteiger partial charge in [0.05, 0.1) is 19.8 Å². The van der Waals surface area contributed by atoms with E-state index in [0.29, 0.717) is 0 Å². The van der Waals surface area contributed by atoms with E-state index < -0.39 is 30.4 Å². The Bertz CT molecular complexity index is 449. The quantitative estimate of drug-likeness (QED) is 0.758. The number of benzene rings is 1. The number of esters is 1. The Morgan fingerprint density at radius 3 is 2.71 bits per heavy atom. The normalized spacial score (nSPS) is 29.1. The second-order valence-corrected chi connectivity index (χ2v) is 4.95. The van der Waals surface area contributed by atoms with E-state index in [9.17, 15) is 15.0 Å². The van der Waals surface area contributed by atoms with E-state index >= 15 is 0 Å². The predicted octanol–water partition coefficient (Wildman–Crippen LogP) is 0.255. The maximum absolute atomic E-state index is 11.1. The highest BCUT2D eigenvalue weighted by atomic mass is 16.6. The number of ether oxygens (including phenoxy) is 3. The molecule has 1 aromatic carbocycles. The fourth-order valence-corrected chi connectivity index (χ4v) is 2.29. The van der Waals surface area contributed by atoms with Crippen LogP contribution < -0.4 is 0 Å². The van der Waals surface area contributed by atoms with Crippen LogP contribution in [0.2, 0.25) is 0 Å². The molecule has 1 aromatic rings. The van der Waals surface area contributed by atoms with Crippen molar-refractivity contribution in [3.8, 4) is 0 Å². The number of aliphatic hydroxyl groups is 2. The summed E-state index contributed by atoms with van der Waals surface area (Å²) in [7, 11) is 0. The van der Waals surface area contributed by atoms with E-state index in [2.05, 4.69) is 0 Å². The minimum Gasteiger partial charge on any atom is -0.457 e. The molecule has 6 heteroatoms. The molecule has 1 fully saturated rings. The number of carbonyl (C=O) groups is 1. The Hall–Kier alpha value is -1.47. The minimum atomic E-state index is -1.06. The molecule has 21 heavy (non-hydrogen) atoms. The van der Waals surface area contributed by atoms with Crippen molar-refractivity contribution in [2.45, 2.75) is 37.9 Å². The molecule has 1 heterocycles. The average Bonchev–Trinajstić information content (AvgIpc) is 2.47. The SMILES string of the molecule is CC(=O)OC1COC(CO)[C@H](O)[C@@H]1OCc1ccccc1. The van der Waals surface area contributed by atoms with E-state index in [1.807, 2.05) is 30.3 Å². The van der Waals surface area contributed by atoms with Gasteiger partial charge in [-0.1, -0.05) is 30.3 Å². The van der Waals surface area contributed by atoms with Gasteiger partial charge >= 0.3 is 5.97 Å². The smallest absolute Gasteiger partial charge is 0.303 e. The Morgan fingerprint density at radius 2 is 2.10 bits per heavy atom. The van der Waals surface area contributed by atoms with Gasteiger partial charge in [0.1, 0.15) is 18.3 Å². The first-order chi connectivity index (χ1) is 10.1. The first-order valence-corrected chi connectivity index (χ1v) is 6.85. The number of aliphatic hydroxyl groups excluding tert-OH is 2. The van der Waals surface area contributed by atoms with Crippen molar-refractivity contribution in [2.24, 2.45) is 0 Å². The Morgan fingerprint density at radius 1 is 1.38 bits per heavy atom. The Kier molecular flexibility index (Phi) is 5.69. The summed E-state index contributed by atoms with van der Waals surface area (Å²) in [6.45, 7) is 1.33. The lowest BCUT2D eigenvalue weighted by molar-refractivity contribution is -0.224. The molecule has 0 saturated carbocycles. The lowest BCUT2D eigenvalue weighted by Gasteiger charge is -2.38. The zero-order valence-corrected chi connectivity index (χ0v) is 11.8. The molecule has 2 rings (SSSR count). The third kappa shape index (κ3) is 4.25. The van der Waals surface area contributed by atoms with Crippen LogP contribution in [0.1, 0.15) is 12.5 Å². The van der Waals surface area contributed by atoms with Crippen LogP contribution in [0.25, 0.3) is 0 Å². The number of carbonyl (C=O) groups excluding carboxylic acids is 1. The van der Waals surface area contributed by atoms with Gasteiger partial charge in [-0.2, -0.15) is 0 Å². The Balaban J connectivity index is 2.03. The van der Waals surface area contributed by atoms with Crippen molar-refractivity contribution in [2.75, 3.05) is 13.2 Å². The summed E-state index contributed by atoms with van der Waals surface area (Å²) in [4.78, 5) is 11.1. The summed E-state index contributed by atoms with van der Waals surface area (Å²) in [6, 6.07) is 9.47. The van der Waals surface area contributed by atoms with Crippen LogP contribution in [-0.2, 0) is 25.6 Å². The lowest BCUT2D eigenvalue weighted by Crippen LogP contribution is -2.56. The fourth-order valence-electron chi connectivity index (χ4n) is 2.29. The zero-order chi connectivity index (χ0) is 15.2. The summed E-state index contributed by atoms with van der Waals surface area (Å²) < 4.78 is 16.1. The van der Waals surface area contributed by atoms with Crippen molar-refractivity contribution >= 4 is 5.97 Å². The maximum atomic E-state index is 11.1. The molecule has 116 valence electrons. The van der Waals surface area contributed by atoms with Crippen LogP contribution >= 0.6 is 0 Å². The van der Waals surface area contributed by atoms with Gasteiger partial charge in [0.15, 0.2) is 6.10 Å². The first kappa shape index (κ1) is 15.9. The molecule has 0 aliphatic carbocycles. The molecule has 0 radical (unpaired) electrons. The summed E-state index contributed by atoms with van der Waals surface area (Å²) in [5.74, 6) is -0.466. The van der Waals surface area contributed by atoms with Crippen molar-refractivity contribution in [3.63, 3.8) is 0 Å². The van der Waals surface area contributed by atoms with E-state index in [0.717, 1.165) is 5.56 Å². The summed E-state index contributed by atoms with van der Waals surface area (Å²) in [5, 5.41) is 19.4. The van der Waals surface area contributed by atoms with Gasteiger partial charge in [-0.15, -0.1) is 0 Å². The molecule has 0 aromatic heterocycles. The number of hydrogen-bond donors (Lipinski definition) is 2. The van der Waals surface area contributed by atoms with Crippen molar-refractivity contribution in [1.29, 1.82) is 0 Å². The van der Waals surface area contributed by atoms with E-state index in [1.54, 1.807) is 0 Å². The van der Waals surface area contributed by atoms with E-state index in [1.165, 1.54) is 6.92 Å². The van der Waals surface area contributed by atoms with Crippen LogP contribution in [0.3, 0.4) is 0 Å². The highest BCUT2D eigenvalue weighted by molar-refractivity contribution is 5.66. The largest absolute Gasteiger partial charge is 0.457 e. The molecule has 0 spiro atoms. The highest BCUT2D eigenvalue weighted by Crippen LogP contribution is 2.22. The third-order valence-corrected chi connectivity index (χ3v) is 3.34. The molecule has 4 atom stereocenters. The molecule has 1 saturated heterocycles. The van der Waals surface area contributed by atoms with Crippen LogP contribution in [0.4, 0.5) is 0 Å². The maximum Gasteiger partial charge on any atom is 0.303 e. The molecule has 6 nitrogen and oxygen atoms in total. The lowest BCUT2D eigenvalue weighted by atomic mass is 10.00. The van der Waals surface area contributed by atoms with Crippen molar-refractivity contribution in [1.82, 2.24) is 0 Å². The summed E-state index contributed by atoms with van der Waals surface area (Å²) in [6.07, 6.45) is -3.22. The van der Waals surface area contributed by atoms with Gasteiger partial charge in [-0.3, -0.25) is 4.79 Å². The number of rotatable bonds is 5. The zero-order valence-electron chi connectivity index (χ0n) is 11.8. The number of hydrogen-bond acceptors (Lipinski definition) is 6. The minimum absolute atomic E-state index is 0.0846. The molecular weight excluding hydrogens is 276 g/mol. The molecule has 1 aliphatic rings. The second kappa shape index (κ2) is 7.51. The van der Waals surface area contributed by atoms with Crippen molar-refractivity contribution in [3.05, 3.63) is 35.9 Å². The standard InChI is InChI=1S/C15H20O6/c1-10(17)21-13-9-19-12(7-16)14(18)15(13)20-8-11-5-3-2-4-6-11/h2-6,12-16,18H,7-9H2,1H3/t12?,13?,14-,15+/m0/s1. The third-order valence-electron chi connectivity index (χ3n) is 3.34. The first-order valence-electron chi connectivity index (χ1n) is 6.85. The van der Waals surface area contributed by atoms with Gasteiger partial charge in [-0.25, -0.2) is 0 Å². The van der Waals surface area contributed by atoms with Crippen molar-refractivity contribution < 1.29 is 29.2 Å². The van der Waals surface area contributed by atoms with Crippen LogP contribution in [0, 0.1) is 0 Å². The molecule has 2 unspecified atom stereocenters. The average molecular weight is 296 g/mol. The van der Waals surface area contributed by atoms with E-state index in [4.69, 9.17) is 14.2 Å². The van der Waals surface area contributed by atoms with Gasteiger partial charge in [-0.05, 0) is 5.56 Å². The van der Waals surface area contributed by atoms with Gasteiger partial charge in [0.2, 0.25) is 0 Å². The van der Waals surface area contributed by atoms with Crippen LogP contribution in [0.5, 0.6) is 0 Å². The summed E-state index contributed by atoms with van der Waals surface area (Å²) in [5.41, 5.74) is 0.943. The summed E-state index contributed by atoms with van der Waals surface area (Å²) >= 11 is 0. The molecular formula is C15H20O6. The molecule has 0 amide bonds. The molecule has 1 aliphatic heterocycles. The van der Waals surface area contributed by atoms with E-state index in [-0.39, 0.29) is 19.8 Å². The predicted molar refractivity (Wildman–Crippen MR) is 73.4 cm³/mol. The monoisotopic (exact) mass is 296 g/mol. The topological polar surface area (TPSA) is 85.2 Å². The molecule has 2 N–H and O–H groups in total. The fraction of sp³-hybridized carbons (Fsp3) is 0.533. The second-order valence-electron chi connectivity index (χ2n) is 4.95. The Labute approximate surface area is 123 Å². The van der Waals surface area contributed by atoms with Crippen LogP contribution in [0.15, 0.2) is 30.3 Å². The van der Waals surface area contributed by atoms with Crippen LogP contribution in [-0.4, -0.2) is 53.8 Å². The van der Waals surface area contributed by atoms with Gasteiger partial charge in [0.25, 0.3) is 0 Å². The van der Waals surface area contributed by atoms with Gasteiger partial charge in [0, 0.05) is 6.92 Å². The van der Waals surface area contributed by atoms with Gasteiger partial charge < -0.3 is 24.4 Å². The highest BCUT2D eigenvalue weighted by Gasteiger charge is 2.41. The molecule has 0 bridgehead atoms.